The molecule has 8 rings (SSSR count). The number of aromatic amines is 1. The molecule has 2 saturated carbocycles. The monoisotopic (exact) mass is 711 g/mol. The molecule has 2 bridgehead atoms. The minimum Gasteiger partial charge on any atom is -0.483 e. The normalized spacial score (nSPS) is 27.1. The quantitative estimate of drug-likeness (QED) is 0.213. The van der Waals surface area contributed by atoms with E-state index in [1.165, 1.54) is 23.1 Å². The van der Waals surface area contributed by atoms with Gasteiger partial charge in [-0.1, -0.05) is 53.3 Å². The van der Waals surface area contributed by atoms with Crippen LogP contribution in [-0.2, 0) is 20.6 Å². The highest BCUT2D eigenvalue weighted by atomic mass is 35.5. The maximum absolute atomic E-state index is 14.0. The Morgan fingerprint density at radius 1 is 0.958 bits per heavy atom. The summed E-state index contributed by atoms with van der Waals surface area (Å²) in [6, 6.07) is 18.4. The largest absolute Gasteiger partial charge is 0.483 e. The Morgan fingerprint density at radius 3 is 2.40 bits per heavy atom. The number of carbonyl (C=O) groups is 3. The molecule has 14 heteroatoms. The number of ether oxygens (including phenoxy) is 1. The molecule has 2 N–H and O–H groups in total. The average Bonchev–Trinajstić information content (AvgIpc) is 3.79. The van der Waals surface area contributed by atoms with Crippen molar-refractivity contribution in [2.24, 2.45) is 29.6 Å². The molecule has 48 heavy (non-hydrogen) atoms. The van der Waals surface area contributed by atoms with Gasteiger partial charge in [-0.2, -0.15) is 13.2 Å². The number of amides is 3. The zero-order valence-electron chi connectivity index (χ0n) is 24.7. The highest BCUT2D eigenvalue weighted by molar-refractivity contribution is 8.00. The number of nitrogens with one attached hydrogen (secondary N) is 2. The SMILES string of the molecule is O=C(COc1ccccc1[C@@H]1c2sc(=O)[nH]c2S[C@@H]2[C@@H]3C[C@@H]([C@@H]4C(=O)N(c5ccc(Cl)cc5)C(=O)[C@@H]34)[C@H]12)Nc1ccccc1C(F)(F)F. The molecular weight excluding hydrogens is 687 g/mol. The second kappa shape index (κ2) is 11.5. The molecule has 7 atom stereocenters. The maximum Gasteiger partial charge on any atom is 0.418 e. The van der Waals surface area contributed by atoms with Crippen LogP contribution in [0.2, 0.25) is 5.02 Å². The zero-order valence-corrected chi connectivity index (χ0v) is 27.1. The fraction of sp³-hybridized carbons (Fsp3) is 0.294. The van der Waals surface area contributed by atoms with Gasteiger partial charge in [-0.05, 0) is 66.6 Å². The first kappa shape index (κ1) is 31.2. The van der Waals surface area contributed by atoms with Crippen LogP contribution < -0.4 is 19.8 Å². The van der Waals surface area contributed by atoms with Crippen molar-refractivity contribution in [2.45, 2.75) is 28.8 Å². The van der Waals surface area contributed by atoms with Crippen LogP contribution in [0.25, 0.3) is 0 Å². The summed E-state index contributed by atoms with van der Waals surface area (Å²) in [4.78, 5) is 58.2. The summed E-state index contributed by atoms with van der Waals surface area (Å²) in [5.74, 6) is -2.66. The number of hydrogen-bond donors (Lipinski definition) is 2. The van der Waals surface area contributed by atoms with E-state index in [9.17, 15) is 32.3 Å². The van der Waals surface area contributed by atoms with E-state index < -0.39 is 36.1 Å². The molecule has 3 fully saturated rings. The van der Waals surface area contributed by atoms with Crippen LogP contribution in [0.1, 0.15) is 28.3 Å². The van der Waals surface area contributed by atoms with Crippen molar-refractivity contribution < 1.29 is 32.3 Å². The molecular formula is C34H25ClF3N3O5S2. The van der Waals surface area contributed by atoms with Crippen LogP contribution in [0.5, 0.6) is 5.75 Å². The van der Waals surface area contributed by atoms with Crippen molar-refractivity contribution in [3.05, 3.63) is 103 Å². The molecule has 0 radical (unpaired) electrons. The second-order valence-corrected chi connectivity index (χ2v) is 15.0. The van der Waals surface area contributed by atoms with Crippen molar-refractivity contribution in [3.63, 3.8) is 0 Å². The van der Waals surface area contributed by atoms with Gasteiger partial charge < -0.3 is 15.0 Å². The zero-order chi connectivity index (χ0) is 33.5. The molecule has 246 valence electrons. The maximum atomic E-state index is 14.0. The lowest BCUT2D eigenvalue weighted by molar-refractivity contribution is -0.137. The number of imide groups is 1. The Hall–Kier alpha value is -4.07. The summed E-state index contributed by atoms with van der Waals surface area (Å²) < 4.78 is 46.5. The van der Waals surface area contributed by atoms with Crippen molar-refractivity contribution >= 4 is 63.8 Å². The van der Waals surface area contributed by atoms with Crippen LogP contribution in [-0.4, -0.2) is 34.6 Å². The predicted molar refractivity (Wildman–Crippen MR) is 174 cm³/mol. The molecule has 8 nitrogen and oxygen atoms in total. The lowest BCUT2D eigenvalue weighted by Crippen LogP contribution is -2.42. The van der Waals surface area contributed by atoms with E-state index in [4.69, 9.17) is 16.3 Å². The molecule has 3 amide bonds. The van der Waals surface area contributed by atoms with E-state index in [2.05, 4.69) is 10.3 Å². The number of carbonyl (C=O) groups excluding carboxylic acids is 3. The molecule has 2 aliphatic heterocycles. The third-order valence-electron chi connectivity index (χ3n) is 9.93. The van der Waals surface area contributed by atoms with Crippen LogP contribution in [0.3, 0.4) is 0 Å². The van der Waals surface area contributed by atoms with Crippen molar-refractivity contribution in [1.29, 1.82) is 0 Å². The summed E-state index contributed by atoms with van der Waals surface area (Å²) in [7, 11) is 0. The van der Waals surface area contributed by atoms with Gasteiger partial charge >= 0.3 is 11.0 Å². The fourth-order valence-electron chi connectivity index (χ4n) is 8.25. The number of nitrogens with zero attached hydrogens (tertiary/aromatic N) is 1. The number of fused-ring (bicyclic) bond motifs is 9. The van der Waals surface area contributed by atoms with Gasteiger partial charge in [0.05, 0.1) is 33.8 Å². The first-order chi connectivity index (χ1) is 23.0. The molecule has 3 heterocycles. The molecule has 1 aromatic heterocycles. The van der Waals surface area contributed by atoms with E-state index in [0.717, 1.165) is 22.3 Å². The van der Waals surface area contributed by atoms with Crippen molar-refractivity contribution in [3.8, 4) is 5.75 Å². The minimum absolute atomic E-state index is 0.0730. The van der Waals surface area contributed by atoms with Crippen molar-refractivity contribution in [1.82, 2.24) is 4.98 Å². The number of H-pyrrole nitrogens is 1. The van der Waals surface area contributed by atoms with Crippen molar-refractivity contribution in [2.75, 3.05) is 16.8 Å². The van der Waals surface area contributed by atoms with E-state index in [1.807, 2.05) is 12.1 Å². The summed E-state index contributed by atoms with van der Waals surface area (Å²) >= 11 is 8.70. The van der Waals surface area contributed by atoms with E-state index in [-0.39, 0.29) is 51.3 Å². The average molecular weight is 712 g/mol. The van der Waals surface area contributed by atoms with E-state index in [1.54, 1.807) is 48.2 Å². The van der Waals surface area contributed by atoms with Gasteiger partial charge in [-0.25, -0.2) is 0 Å². The Kier molecular flexibility index (Phi) is 7.49. The molecule has 3 aromatic carbocycles. The minimum atomic E-state index is -4.65. The van der Waals surface area contributed by atoms with Crippen LogP contribution in [0, 0.1) is 29.6 Å². The van der Waals surface area contributed by atoms with Gasteiger partial charge in [0.15, 0.2) is 6.61 Å². The van der Waals surface area contributed by atoms with E-state index >= 15 is 0 Å². The number of para-hydroxylation sites is 2. The summed E-state index contributed by atoms with van der Waals surface area (Å²) in [6.07, 6.45) is -3.97. The summed E-state index contributed by atoms with van der Waals surface area (Å²) in [6.45, 7) is -0.561. The number of rotatable bonds is 6. The summed E-state index contributed by atoms with van der Waals surface area (Å²) in [5.41, 5.74) is -0.166. The van der Waals surface area contributed by atoms with Crippen LogP contribution in [0.15, 0.2) is 82.6 Å². The Labute approximate surface area is 284 Å². The number of anilines is 2. The second-order valence-electron chi connectivity index (χ2n) is 12.4. The molecule has 4 aliphatic rings. The lowest BCUT2D eigenvalue weighted by atomic mass is 9.68. The number of halogens is 4. The summed E-state index contributed by atoms with van der Waals surface area (Å²) in [5, 5.41) is 3.44. The molecule has 1 saturated heterocycles. The van der Waals surface area contributed by atoms with E-state index in [0.29, 0.717) is 33.5 Å². The van der Waals surface area contributed by atoms with Gasteiger partial charge in [-0.15, -0.1) is 11.8 Å². The topological polar surface area (TPSA) is 109 Å². The Bertz CT molecular complexity index is 2030. The third kappa shape index (κ3) is 4.97. The third-order valence-corrected chi connectivity index (χ3v) is 12.8. The van der Waals surface area contributed by atoms with Gasteiger partial charge in [0.25, 0.3) is 5.91 Å². The molecule has 0 spiro atoms. The number of alkyl halides is 3. The van der Waals surface area contributed by atoms with Crippen LogP contribution >= 0.6 is 34.7 Å². The number of thioether (sulfide) groups is 1. The lowest BCUT2D eigenvalue weighted by Gasteiger charge is -2.43. The smallest absolute Gasteiger partial charge is 0.418 e. The number of hydrogen-bond acceptors (Lipinski definition) is 7. The first-order valence-corrected chi connectivity index (χ1v) is 17.3. The van der Waals surface area contributed by atoms with Gasteiger partial charge in [-0.3, -0.25) is 24.1 Å². The molecule has 0 unspecified atom stereocenters. The Morgan fingerprint density at radius 2 is 1.65 bits per heavy atom. The fourth-order valence-corrected chi connectivity index (χ4v) is 11.3. The van der Waals surface area contributed by atoms with Crippen LogP contribution in [0.4, 0.5) is 24.5 Å². The highest BCUT2D eigenvalue weighted by Crippen LogP contribution is 2.69. The Balaban J connectivity index is 1.11. The standard InChI is InChI=1S/C34H25ClF3N3O5S2/c35-15-9-11-16(12-10-15)41-31(43)26-18-13-19(27(26)32(41)44)28-25(18)24(29-30(47-28)40-33(45)48-29)17-5-1-4-8-22(17)46-14-23(42)39-21-7-3-2-6-20(21)34(36,37)38/h1-12,18-19,24-28H,13-14H2,(H,39,42)(H,40,45)/t18-,19-,24+,25-,26+,27+,28-/m1/s1. The molecule has 4 aromatic rings. The number of aromatic nitrogens is 1. The van der Waals surface area contributed by atoms with Gasteiger partial charge in [0.1, 0.15) is 5.75 Å². The number of benzene rings is 3. The van der Waals surface area contributed by atoms with Gasteiger partial charge in [0, 0.05) is 26.6 Å². The highest BCUT2D eigenvalue weighted by Gasteiger charge is 2.69. The number of thiazole rings is 1. The van der Waals surface area contributed by atoms with Gasteiger partial charge in [0.2, 0.25) is 11.8 Å². The first-order valence-electron chi connectivity index (χ1n) is 15.2. The predicted octanol–water partition coefficient (Wildman–Crippen LogP) is 6.80. The molecule has 2 aliphatic carbocycles.